The molecule has 150 valence electrons. The Kier molecular flexibility index (Phi) is 6.28. The molecular formula is C26H29NO2. The first-order valence-corrected chi connectivity index (χ1v) is 10.5. The largest absolute Gasteiger partial charge is 0.491 e. The molecule has 0 spiro atoms. The maximum Gasteiger partial charge on any atom is 0.119 e. The lowest BCUT2D eigenvalue weighted by atomic mass is 9.87. The van der Waals surface area contributed by atoms with Gasteiger partial charge in [-0.1, -0.05) is 66.7 Å². The molecule has 0 fully saturated rings. The van der Waals surface area contributed by atoms with Crippen LogP contribution in [0.5, 0.6) is 5.75 Å². The van der Waals surface area contributed by atoms with Crippen molar-refractivity contribution in [3.8, 4) is 16.9 Å². The molecule has 1 aliphatic rings. The summed E-state index contributed by atoms with van der Waals surface area (Å²) in [5.74, 6) is 1.01. The SMILES string of the molecule is NC(C1CCCc2ccc(-c3ccccc3)cc2C1)[C@@H](O)COc1ccccc1. The van der Waals surface area contributed by atoms with E-state index in [-0.39, 0.29) is 18.6 Å². The van der Waals surface area contributed by atoms with Gasteiger partial charge in [0.05, 0.1) is 0 Å². The van der Waals surface area contributed by atoms with Crippen molar-refractivity contribution in [3.05, 3.63) is 90.0 Å². The first-order valence-electron chi connectivity index (χ1n) is 10.5. The molecule has 3 heteroatoms. The third kappa shape index (κ3) is 4.87. The van der Waals surface area contributed by atoms with Crippen LogP contribution < -0.4 is 10.5 Å². The second-order valence-corrected chi connectivity index (χ2v) is 7.97. The first-order chi connectivity index (χ1) is 14.2. The number of hydrogen-bond donors (Lipinski definition) is 2. The maximum atomic E-state index is 10.7. The summed E-state index contributed by atoms with van der Waals surface area (Å²) in [6.07, 6.45) is 3.42. The van der Waals surface area contributed by atoms with Gasteiger partial charge in [-0.15, -0.1) is 0 Å². The van der Waals surface area contributed by atoms with Crippen molar-refractivity contribution in [1.29, 1.82) is 0 Å². The summed E-state index contributed by atoms with van der Waals surface area (Å²) in [7, 11) is 0. The van der Waals surface area contributed by atoms with Crippen molar-refractivity contribution in [1.82, 2.24) is 0 Å². The van der Waals surface area contributed by atoms with Crippen molar-refractivity contribution < 1.29 is 9.84 Å². The zero-order chi connectivity index (χ0) is 20.1. The Hall–Kier alpha value is -2.62. The Morgan fingerprint density at radius 3 is 2.38 bits per heavy atom. The monoisotopic (exact) mass is 387 g/mol. The van der Waals surface area contributed by atoms with E-state index in [4.69, 9.17) is 10.5 Å². The summed E-state index contributed by atoms with van der Waals surface area (Å²) in [6.45, 7) is 0.221. The minimum atomic E-state index is -0.681. The van der Waals surface area contributed by atoms with E-state index < -0.39 is 6.10 Å². The van der Waals surface area contributed by atoms with Crippen molar-refractivity contribution in [2.24, 2.45) is 11.7 Å². The van der Waals surface area contributed by atoms with Crippen LogP contribution in [0.3, 0.4) is 0 Å². The lowest BCUT2D eigenvalue weighted by Gasteiger charge is -2.27. The Labute approximate surface area is 173 Å². The predicted molar refractivity (Wildman–Crippen MR) is 118 cm³/mol. The Balaban J connectivity index is 1.45. The van der Waals surface area contributed by atoms with Crippen LogP contribution in [0.2, 0.25) is 0 Å². The van der Waals surface area contributed by atoms with Gasteiger partial charge >= 0.3 is 0 Å². The van der Waals surface area contributed by atoms with Gasteiger partial charge in [-0.2, -0.15) is 0 Å². The Morgan fingerprint density at radius 2 is 1.62 bits per heavy atom. The number of ether oxygens (including phenoxy) is 1. The van der Waals surface area contributed by atoms with Crippen molar-refractivity contribution in [2.75, 3.05) is 6.61 Å². The normalized spacial score (nSPS) is 18.3. The number of hydrogen-bond acceptors (Lipinski definition) is 3. The fraction of sp³-hybridized carbons (Fsp3) is 0.308. The van der Waals surface area contributed by atoms with Crippen LogP contribution in [0, 0.1) is 5.92 Å². The number of para-hydroxylation sites is 1. The van der Waals surface area contributed by atoms with Gasteiger partial charge in [0.1, 0.15) is 18.5 Å². The highest BCUT2D eigenvalue weighted by Gasteiger charge is 2.28. The molecule has 0 saturated carbocycles. The molecule has 0 bridgehead atoms. The zero-order valence-corrected chi connectivity index (χ0v) is 16.7. The molecule has 0 saturated heterocycles. The van der Waals surface area contributed by atoms with E-state index in [0.717, 1.165) is 31.4 Å². The van der Waals surface area contributed by atoms with Crippen LogP contribution in [-0.4, -0.2) is 23.9 Å². The van der Waals surface area contributed by atoms with Crippen molar-refractivity contribution in [2.45, 2.75) is 37.8 Å². The van der Waals surface area contributed by atoms with Gasteiger partial charge < -0.3 is 15.6 Å². The Morgan fingerprint density at radius 1 is 0.897 bits per heavy atom. The molecule has 29 heavy (non-hydrogen) atoms. The van der Waals surface area contributed by atoms with E-state index in [1.165, 1.54) is 22.3 Å². The van der Waals surface area contributed by atoms with Gasteiger partial charge in [0, 0.05) is 6.04 Å². The summed E-state index contributed by atoms with van der Waals surface area (Å²) in [5.41, 5.74) is 11.8. The highest BCUT2D eigenvalue weighted by atomic mass is 16.5. The van der Waals surface area contributed by atoms with E-state index in [1.807, 2.05) is 36.4 Å². The van der Waals surface area contributed by atoms with E-state index in [2.05, 4.69) is 42.5 Å². The number of aryl methyl sites for hydroxylation is 1. The van der Waals surface area contributed by atoms with Gasteiger partial charge in [-0.05, 0) is 66.0 Å². The molecule has 0 amide bonds. The Bertz CT molecular complexity index is 911. The molecule has 4 rings (SSSR count). The molecule has 3 nitrogen and oxygen atoms in total. The summed E-state index contributed by atoms with van der Waals surface area (Å²) < 4.78 is 5.73. The van der Waals surface area contributed by atoms with E-state index in [1.54, 1.807) is 0 Å². The van der Waals surface area contributed by atoms with Crippen LogP contribution in [0.15, 0.2) is 78.9 Å². The minimum Gasteiger partial charge on any atom is -0.491 e. The molecular weight excluding hydrogens is 358 g/mol. The van der Waals surface area contributed by atoms with E-state index >= 15 is 0 Å². The molecule has 0 heterocycles. The van der Waals surface area contributed by atoms with E-state index in [0.29, 0.717) is 0 Å². The lowest BCUT2D eigenvalue weighted by Crippen LogP contribution is -2.45. The molecule has 3 N–H and O–H groups in total. The van der Waals surface area contributed by atoms with Crippen LogP contribution in [0.1, 0.15) is 24.0 Å². The second-order valence-electron chi connectivity index (χ2n) is 7.97. The number of rotatable bonds is 6. The smallest absolute Gasteiger partial charge is 0.119 e. The molecule has 3 aromatic carbocycles. The number of nitrogens with two attached hydrogens (primary N) is 1. The molecule has 3 atom stereocenters. The zero-order valence-electron chi connectivity index (χ0n) is 16.7. The predicted octanol–water partition coefficient (Wildman–Crippen LogP) is 4.62. The third-order valence-corrected chi connectivity index (χ3v) is 5.97. The van der Waals surface area contributed by atoms with Crippen LogP contribution >= 0.6 is 0 Å². The summed E-state index contributed by atoms with van der Waals surface area (Å²) in [4.78, 5) is 0. The lowest BCUT2D eigenvalue weighted by molar-refractivity contribution is 0.0645. The topological polar surface area (TPSA) is 55.5 Å². The maximum absolute atomic E-state index is 10.7. The highest BCUT2D eigenvalue weighted by Crippen LogP contribution is 2.31. The highest BCUT2D eigenvalue weighted by molar-refractivity contribution is 5.65. The molecule has 0 aliphatic heterocycles. The number of benzene rings is 3. The molecule has 2 unspecified atom stereocenters. The average molecular weight is 388 g/mol. The summed E-state index contributed by atoms with van der Waals surface area (Å²) in [6, 6.07) is 26.6. The van der Waals surface area contributed by atoms with Crippen molar-refractivity contribution >= 4 is 0 Å². The number of aliphatic hydroxyl groups excluding tert-OH is 1. The van der Waals surface area contributed by atoms with Crippen LogP contribution in [-0.2, 0) is 12.8 Å². The van der Waals surface area contributed by atoms with Crippen molar-refractivity contribution in [3.63, 3.8) is 0 Å². The fourth-order valence-electron chi connectivity index (χ4n) is 4.26. The molecule has 1 aliphatic carbocycles. The first kappa shape index (κ1) is 19.7. The number of fused-ring (bicyclic) bond motifs is 1. The summed E-state index contributed by atoms with van der Waals surface area (Å²) >= 11 is 0. The summed E-state index contributed by atoms with van der Waals surface area (Å²) in [5, 5.41) is 10.7. The molecule has 3 aromatic rings. The molecule has 0 radical (unpaired) electrons. The van der Waals surface area contributed by atoms with Crippen LogP contribution in [0.25, 0.3) is 11.1 Å². The van der Waals surface area contributed by atoms with Gasteiger partial charge in [0.25, 0.3) is 0 Å². The van der Waals surface area contributed by atoms with Gasteiger partial charge in [0.2, 0.25) is 0 Å². The fourth-order valence-corrected chi connectivity index (χ4v) is 4.26. The van der Waals surface area contributed by atoms with Crippen LogP contribution in [0.4, 0.5) is 0 Å². The number of aliphatic hydroxyl groups is 1. The van der Waals surface area contributed by atoms with Gasteiger partial charge in [-0.25, -0.2) is 0 Å². The standard InChI is InChI=1S/C26H29NO2/c27-26(25(28)18-29-24-12-5-2-6-13-24)22-11-7-10-20-14-15-21(16-23(20)17-22)19-8-3-1-4-9-19/h1-6,8-9,12-16,22,25-26,28H,7,10-11,17-18,27H2/t22?,25-,26?/m0/s1. The van der Waals surface area contributed by atoms with Gasteiger partial charge in [-0.3, -0.25) is 0 Å². The average Bonchev–Trinajstić information content (AvgIpc) is 3.00. The van der Waals surface area contributed by atoms with Gasteiger partial charge in [0.15, 0.2) is 0 Å². The van der Waals surface area contributed by atoms with E-state index in [9.17, 15) is 5.11 Å². The molecule has 0 aromatic heterocycles. The second kappa shape index (κ2) is 9.25. The third-order valence-electron chi connectivity index (χ3n) is 5.97. The quantitative estimate of drug-likeness (QED) is 0.607. The minimum absolute atomic E-state index is 0.221.